The number of carbonyl (C=O) groups excluding carboxylic acids is 1. The van der Waals surface area contributed by atoms with E-state index in [1.54, 1.807) is 17.2 Å². The van der Waals surface area contributed by atoms with Gasteiger partial charge < -0.3 is 10.0 Å². The summed E-state index contributed by atoms with van der Waals surface area (Å²) in [6, 6.07) is 1.52. The van der Waals surface area contributed by atoms with Crippen molar-refractivity contribution < 1.29 is 9.90 Å². The van der Waals surface area contributed by atoms with Crippen LogP contribution in [-0.4, -0.2) is 40.1 Å². The van der Waals surface area contributed by atoms with Gasteiger partial charge in [0.25, 0.3) is 5.91 Å². The van der Waals surface area contributed by atoms with Gasteiger partial charge in [0, 0.05) is 18.9 Å². The molecule has 0 radical (unpaired) electrons. The monoisotopic (exact) mass is 240 g/mol. The molecule has 0 bridgehead atoms. The van der Waals surface area contributed by atoms with Gasteiger partial charge in [-0.05, 0) is 18.9 Å². The second kappa shape index (κ2) is 4.80. The molecule has 0 aromatic carbocycles. The second-order valence-electron chi connectivity index (χ2n) is 3.83. The molecule has 1 N–H and O–H groups in total. The first kappa shape index (κ1) is 11.4. The Labute approximate surface area is 98.9 Å². The minimum atomic E-state index is -0.144. The normalized spacial score (nSPS) is 20.1. The first-order chi connectivity index (χ1) is 7.74. The summed E-state index contributed by atoms with van der Waals surface area (Å²) in [4.78, 5) is 17.7. The Morgan fingerprint density at radius 3 is 3.19 bits per heavy atom. The molecule has 1 saturated heterocycles. The van der Waals surface area contributed by atoms with E-state index in [9.17, 15) is 4.79 Å². The largest absolute Gasteiger partial charge is 0.394 e. The van der Waals surface area contributed by atoms with Crippen LogP contribution in [0.1, 0.15) is 23.2 Å². The van der Waals surface area contributed by atoms with Crippen molar-refractivity contribution >= 4 is 17.5 Å². The molecule has 1 aliphatic rings. The Bertz CT molecular complexity index is 397. The van der Waals surface area contributed by atoms with E-state index < -0.39 is 0 Å². The maximum absolute atomic E-state index is 12.1. The van der Waals surface area contributed by atoms with Crippen LogP contribution in [0.2, 0.25) is 5.02 Å². The average molecular weight is 241 g/mol. The minimum Gasteiger partial charge on any atom is -0.394 e. The van der Waals surface area contributed by atoms with Crippen LogP contribution in [0.4, 0.5) is 0 Å². The molecular formula is C11H13ClN2O2. The van der Waals surface area contributed by atoms with Gasteiger partial charge in [0.05, 0.1) is 23.2 Å². The van der Waals surface area contributed by atoms with Crippen molar-refractivity contribution in [2.45, 2.75) is 18.9 Å². The number of rotatable bonds is 2. The highest BCUT2D eigenvalue weighted by atomic mass is 35.5. The number of aliphatic hydroxyl groups excluding tert-OH is 1. The van der Waals surface area contributed by atoms with Crippen molar-refractivity contribution in [2.75, 3.05) is 13.2 Å². The fourth-order valence-corrected chi connectivity index (χ4v) is 2.17. The molecule has 86 valence electrons. The lowest BCUT2D eigenvalue weighted by Crippen LogP contribution is -2.37. The fraction of sp³-hybridized carbons (Fsp3) is 0.455. The van der Waals surface area contributed by atoms with Crippen molar-refractivity contribution in [3.63, 3.8) is 0 Å². The fourth-order valence-electron chi connectivity index (χ4n) is 1.98. The van der Waals surface area contributed by atoms with Crippen molar-refractivity contribution in [1.29, 1.82) is 0 Å². The van der Waals surface area contributed by atoms with Crippen LogP contribution >= 0.6 is 11.6 Å². The third-order valence-electron chi connectivity index (χ3n) is 2.85. The van der Waals surface area contributed by atoms with E-state index in [-0.39, 0.29) is 18.6 Å². The van der Waals surface area contributed by atoms with Crippen molar-refractivity contribution in [1.82, 2.24) is 9.88 Å². The van der Waals surface area contributed by atoms with Gasteiger partial charge in [-0.25, -0.2) is 0 Å². The molecule has 0 spiro atoms. The zero-order valence-corrected chi connectivity index (χ0v) is 9.52. The summed E-state index contributed by atoms with van der Waals surface area (Å²) in [6.45, 7) is 0.679. The van der Waals surface area contributed by atoms with Gasteiger partial charge in [-0.2, -0.15) is 0 Å². The van der Waals surface area contributed by atoms with Crippen molar-refractivity contribution in [3.05, 3.63) is 29.0 Å². The molecule has 1 atom stereocenters. The van der Waals surface area contributed by atoms with Crippen LogP contribution in [0, 0.1) is 0 Å². The molecule has 1 aromatic rings. The molecular weight excluding hydrogens is 228 g/mol. The summed E-state index contributed by atoms with van der Waals surface area (Å²) in [7, 11) is 0. The van der Waals surface area contributed by atoms with Crippen LogP contribution in [0.15, 0.2) is 18.5 Å². The van der Waals surface area contributed by atoms with E-state index in [2.05, 4.69) is 4.98 Å². The third-order valence-corrected chi connectivity index (χ3v) is 3.18. The molecule has 16 heavy (non-hydrogen) atoms. The molecule has 1 aliphatic heterocycles. The number of likely N-dealkylation sites (tertiary alicyclic amines) is 1. The molecule has 1 amide bonds. The molecule has 0 saturated carbocycles. The van der Waals surface area contributed by atoms with Crippen LogP contribution in [0.5, 0.6) is 0 Å². The van der Waals surface area contributed by atoms with E-state index >= 15 is 0 Å². The van der Waals surface area contributed by atoms with Gasteiger partial charge in [0.15, 0.2) is 0 Å². The lowest BCUT2D eigenvalue weighted by Gasteiger charge is -2.23. The van der Waals surface area contributed by atoms with E-state index in [0.29, 0.717) is 17.1 Å². The van der Waals surface area contributed by atoms with Gasteiger partial charge in [-0.1, -0.05) is 11.6 Å². The molecule has 1 aromatic heterocycles. The Kier molecular flexibility index (Phi) is 3.41. The number of aromatic nitrogens is 1. The second-order valence-corrected chi connectivity index (χ2v) is 4.24. The number of carbonyl (C=O) groups is 1. The van der Waals surface area contributed by atoms with Gasteiger partial charge in [-0.15, -0.1) is 0 Å². The zero-order valence-electron chi connectivity index (χ0n) is 8.77. The third kappa shape index (κ3) is 2.03. The van der Waals surface area contributed by atoms with E-state index in [0.717, 1.165) is 12.8 Å². The number of nitrogens with zero attached hydrogens (tertiary/aromatic N) is 2. The lowest BCUT2D eigenvalue weighted by atomic mass is 10.2. The molecule has 2 rings (SSSR count). The SMILES string of the molecule is O=C(c1cnccc1Cl)N1CCC[C@H]1CO. The number of hydrogen-bond donors (Lipinski definition) is 1. The van der Waals surface area contributed by atoms with Gasteiger partial charge >= 0.3 is 0 Å². The number of hydrogen-bond acceptors (Lipinski definition) is 3. The first-order valence-electron chi connectivity index (χ1n) is 5.25. The Hall–Kier alpha value is -1.13. The summed E-state index contributed by atoms with van der Waals surface area (Å²) in [5.74, 6) is -0.144. The summed E-state index contributed by atoms with van der Waals surface area (Å²) in [6.07, 6.45) is 4.79. The van der Waals surface area contributed by atoms with E-state index in [4.69, 9.17) is 16.7 Å². The number of amides is 1. The van der Waals surface area contributed by atoms with Crippen LogP contribution < -0.4 is 0 Å². The maximum atomic E-state index is 12.1. The van der Waals surface area contributed by atoms with Crippen molar-refractivity contribution in [2.24, 2.45) is 0 Å². The highest BCUT2D eigenvalue weighted by Crippen LogP contribution is 2.22. The van der Waals surface area contributed by atoms with Crippen molar-refractivity contribution in [3.8, 4) is 0 Å². The Morgan fingerprint density at radius 2 is 2.50 bits per heavy atom. The van der Waals surface area contributed by atoms with Gasteiger partial charge in [0.1, 0.15) is 0 Å². The number of aliphatic hydroxyl groups is 1. The maximum Gasteiger partial charge on any atom is 0.257 e. The predicted octanol–water partition coefficient (Wildman–Crippen LogP) is 1.33. The summed E-state index contributed by atoms with van der Waals surface area (Å²) < 4.78 is 0. The molecule has 5 heteroatoms. The first-order valence-corrected chi connectivity index (χ1v) is 5.63. The van der Waals surface area contributed by atoms with E-state index in [1.165, 1.54) is 6.20 Å². The molecule has 0 unspecified atom stereocenters. The molecule has 4 nitrogen and oxygen atoms in total. The zero-order chi connectivity index (χ0) is 11.5. The topological polar surface area (TPSA) is 53.4 Å². The highest BCUT2D eigenvalue weighted by Gasteiger charge is 2.29. The van der Waals surface area contributed by atoms with Crippen LogP contribution in [-0.2, 0) is 0 Å². The predicted molar refractivity (Wildman–Crippen MR) is 60.4 cm³/mol. The minimum absolute atomic E-state index is 0.00359. The van der Waals surface area contributed by atoms with Crippen LogP contribution in [0.25, 0.3) is 0 Å². The van der Waals surface area contributed by atoms with Crippen LogP contribution in [0.3, 0.4) is 0 Å². The quantitative estimate of drug-likeness (QED) is 0.849. The molecule has 1 fully saturated rings. The average Bonchev–Trinajstić information content (AvgIpc) is 2.77. The highest BCUT2D eigenvalue weighted by molar-refractivity contribution is 6.33. The summed E-state index contributed by atoms with van der Waals surface area (Å²) in [5.41, 5.74) is 0.407. The lowest BCUT2D eigenvalue weighted by molar-refractivity contribution is 0.0677. The standard InChI is InChI=1S/C11H13ClN2O2/c12-10-3-4-13-6-9(10)11(16)14-5-1-2-8(14)7-15/h3-4,6,8,15H,1-2,5,7H2/t8-/m0/s1. The van der Waals surface area contributed by atoms with Gasteiger partial charge in [-0.3, -0.25) is 9.78 Å². The smallest absolute Gasteiger partial charge is 0.257 e. The Balaban J connectivity index is 2.22. The summed E-state index contributed by atoms with van der Waals surface area (Å²) in [5, 5.41) is 9.57. The molecule has 2 heterocycles. The van der Waals surface area contributed by atoms with E-state index in [1.807, 2.05) is 0 Å². The number of pyridine rings is 1. The summed E-state index contributed by atoms with van der Waals surface area (Å²) >= 11 is 5.94. The number of halogens is 1. The Morgan fingerprint density at radius 1 is 1.69 bits per heavy atom. The molecule has 0 aliphatic carbocycles. The van der Waals surface area contributed by atoms with Gasteiger partial charge in [0.2, 0.25) is 0 Å².